The molecule has 0 bridgehead atoms. The van der Waals surface area contributed by atoms with Gasteiger partial charge in [-0.05, 0) is 53.6 Å². The minimum atomic E-state index is -0.0358. The maximum absolute atomic E-state index is 13.7. The van der Waals surface area contributed by atoms with Gasteiger partial charge in [0.05, 0.1) is 20.1 Å². The summed E-state index contributed by atoms with van der Waals surface area (Å²) in [6.45, 7) is 3.82. The number of nitrogens with one attached hydrogen (secondary N) is 1. The zero-order valence-corrected chi connectivity index (χ0v) is 22.4. The van der Waals surface area contributed by atoms with Gasteiger partial charge in [0.25, 0.3) is 0 Å². The highest BCUT2D eigenvalue weighted by molar-refractivity contribution is 7.10. The van der Waals surface area contributed by atoms with Crippen molar-refractivity contribution in [3.8, 4) is 5.75 Å². The normalized spacial score (nSPS) is 11.0. The molecule has 7 heteroatoms. The lowest BCUT2D eigenvalue weighted by Crippen LogP contribution is -2.44. The van der Waals surface area contributed by atoms with Gasteiger partial charge in [-0.2, -0.15) is 0 Å². The smallest absolute Gasteiger partial charge is 0.242 e. The molecule has 0 saturated carbocycles. The topological polar surface area (TPSA) is 65.6 Å². The molecule has 194 valence electrons. The zero-order chi connectivity index (χ0) is 26.0. The lowest BCUT2D eigenvalue weighted by atomic mass is 10.1. The number of benzene rings is 2. The highest BCUT2D eigenvalue weighted by Gasteiger charge is 2.22. The fourth-order valence-corrected chi connectivity index (χ4v) is 5.11. The molecule has 2 aromatic carbocycles. The Kier molecular flexibility index (Phi) is 9.38. The summed E-state index contributed by atoms with van der Waals surface area (Å²) >= 11 is 1.57. The number of para-hydroxylation sites is 1. The van der Waals surface area contributed by atoms with Crippen LogP contribution in [0.1, 0.15) is 35.8 Å². The van der Waals surface area contributed by atoms with E-state index in [4.69, 9.17) is 4.74 Å². The number of amides is 2. The molecular weight excluding hydrogens is 482 g/mol. The van der Waals surface area contributed by atoms with Gasteiger partial charge in [0.15, 0.2) is 0 Å². The first kappa shape index (κ1) is 26.5. The Balaban J connectivity index is 1.50. The number of aromatic amines is 1. The van der Waals surface area contributed by atoms with Gasteiger partial charge in [0, 0.05) is 41.6 Å². The predicted octanol–water partition coefficient (Wildman–Crippen LogP) is 5.68. The van der Waals surface area contributed by atoms with Crippen LogP contribution in [0.3, 0.4) is 0 Å². The number of carbonyl (C=O) groups excluding carboxylic acids is 2. The van der Waals surface area contributed by atoms with Crippen LogP contribution in [0, 0.1) is 0 Å². The van der Waals surface area contributed by atoms with Crippen molar-refractivity contribution in [1.29, 1.82) is 0 Å². The monoisotopic (exact) mass is 517 g/mol. The minimum absolute atomic E-state index is 0.00489. The first-order valence-electron chi connectivity index (χ1n) is 12.8. The molecule has 2 amide bonds. The van der Waals surface area contributed by atoms with Crippen LogP contribution in [-0.4, -0.2) is 53.3 Å². The van der Waals surface area contributed by atoms with Crippen LogP contribution in [0.2, 0.25) is 0 Å². The van der Waals surface area contributed by atoms with Crippen LogP contribution in [0.4, 0.5) is 0 Å². The van der Waals surface area contributed by atoms with Crippen molar-refractivity contribution in [3.05, 3.63) is 88.2 Å². The highest BCUT2D eigenvalue weighted by Crippen LogP contribution is 2.20. The second-order valence-corrected chi connectivity index (χ2v) is 10.2. The van der Waals surface area contributed by atoms with E-state index in [1.54, 1.807) is 23.3 Å². The second kappa shape index (κ2) is 13.1. The van der Waals surface area contributed by atoms with Gasteiger partial charge in [0.2, 0.25) is 11.8 Å². The SMILES string of the molecule is CCCCN(CC(=O)N(CCc1c[nH]c2ccccc12)Cc1ccc(OC)cc1)C(=O)Cc1cccs1. The van der Waals surface area contributed by atoms with Gasteiger partial charge in [-0.1, -0.05) is 49.7 Å². The lowest BCUT2D eigenvalue weighted by Gasteiger charge is -2.28. The van der Waals surface area contributed by atoms with Gasteiger partial charge < -0.3 is 19.5 Å². The Morgan fingerprint density at radius 2 is 1.76 bits per heavy atom. The Bertz CT molecular complexity index is 1280. The van der Waals surface area contributed by atoms with Crippen LogP contribution in [-0.2, 0) is 29.0 Å². The molecule has 0 spiro atoms. The fourth-order valence-electron chi connectivity index (χ4n) is 4.42. The number of unbranched alkanes of at least 4 members (excludes halogenated alkanes) is 1. The molecule has 2 heterocycles. The molecule has 0 fully saturated rings. The summed E-state index contributed by atoms with van der Waals surface area (Å²) in [6, 6.07) is 19.9. The predicted molar refractivity (Wildman–Crippen MR) is 150 cm³/mol. The maximum atomic E-state index is 13.7. The molecule has 0 aliphatic carbocycles. The standard InChI is InChI=1S/C30H35N3O3S/c1-3-4-16-32(29(34)19-26-8-7-18-37-26)22-30(35)33(21-23-11-13-25(36-2)14-12-23)17-15-24-20-31-28-10-6-5-9-27(24)28/h5-14,18,20,31H,3-4,15-17,19,21-22H2,1-2H3. The van der Waals surface area contributed by atoms with Crippen molar-refractivity contribution in [1.82, 2.24) is 14.8 Å². The number of hydrogen-bond acceptors (Lipinski definition) is 4. The van der Waals surface area contributed by atoms with E-state index in [-0.39, 0.29) is 18.4 Å². The molecule has 4 rings (SSSR count). The largest absolute Gasteiger partial charge is 0.497 e. The number of nitrogens with zero attached hydrogens (tertiary/aromatic N) is 2. The van der Waals surface area contributed by atoms with Crippen molar-refractivity contribution in [2.45, 2.75) is 39.2 Å². The van der Waals surface area contributed by atoms with Crippen molar-refractivity contribution in [3.63, 3.8) is 0 Å². The van der Waals surface area contributed by atoms with Gasteiger partial charge in [0.1, 0.15) is 5.75 Å². The number of thiophene rings is 1. The fraction of sp³-hybridized carbons (Fsp3) is 0.333. The summed E-state index contributed by atoms with van der Waals surface area (Å²) in [4.78, 5) is 34.8. The van der Waals surface area contributed by atoms with Crippen LogP contribution >= 0.6 is 11.3 Å². The Morgan fingerprint density at radius 3 is 2.49 bits per heavy atom. The average Bonchev–Trinajstić information content (AvgIpc) is 3.59. The van der Waals surface area contributed by atoms with Crippen molar-refractivity contribution in [2.75, 3.05) is 26.7 Å². The third-order valence-electron chi connectivity index (χ3n) is 6.58. The number of H-pyrrole nitrogens is 1. The van der Waals surface area contributed by atoms with Crippen molar-refractivity contribution >= 4 is 34.1 Å². The van der Waals surface area contributed by atoms with Crippen LogP contribution < -0.4 is 4.74 Å². The number of fused-ring (bicyclic) bond motifs is 1. The number of rotatable bonds is 13. The third kappa shape index (κ3) is 7.23. The van der Waals surface area contributed by atoms with Gasteiger partial charge in [-0.25, -0.2) is 0 Å². The summed E-state index contributed by atoms with van der Waals surface area (Å²) in [5.41, 5.74) is 3.30. The van der Waals surface area contributed by atoms with E-state index in [2.05, 4.69) is 24.0 Å². The molecule has 0 unspecified atom stereocenters. The summed E-state index contributed by atoms with van der Waals surface area (Å²) in [7, 11) is 1.64. The number of hydrogen-bond donors (Lipinski definition) is 1. The Hall–Kier alpha value is -3.58. The molecule has 6 nitrogen and oxygen atoms in total. The van der Waals surface area contributed by atoms with Crippen molar-refractivity contribution in [2.24, 2.45) is 0 Å². The second-order valence-electron chi connectivity index (χ2n) is 9.20. The van der Waals surface area contributed by atoms with Crippen LogP contribution in [0.25, 0.3) is 10.9 Å². The summed E-state index contributed by atoms with van der Waals surface area (Å²) < 4.78 is 5.29. The van der Waals surface area contributed by atoms with Gasteiger partial charge in [-0.3, -0.25) is 9.59 Å². The van der Waals surface area contributed by atoms with E-state index in [0.29, 0.717) is 26.1 Å². The van der Waals surface area contributed by atoms with Crippen LogP contribution in [0.15, 0.2) is 72.2 Å². The lowest BCUT2D eigenvalue weighted by molar-refractivity contribution is -0.140. The Morgan fingerprint density at radius 1 is 0.946 bits per heavy atom. The maximum Gasteiger partial charge on any atom is 0.242 e. The summed E-state index contributed by atoms with van der Waals surface area (Å²) in [5, 5.41) is 3.15. The summed E-state index contributed by atoms with van der Waals surface area (Å²) in [6.07, 6.45) is 4.93. The number of carbonyl (C=O) groups is 2. The number of aromatic nitrogens is 1. The minimum Gasteiger partial charge on any atom is -0.497 e. The quantitative estimate of drug-likeness (QED) is 0.248. The zero-order valence-electron chi connectivity index (χ0n) is 21.6. The summed E-state index contributed by atoms with van der Waals surface area (Å²) in [5.74, 6) is 0.752. The van der Waals surface area contributed by atoms with E-state index in [1.165, 1.54) is 10.9 Å². The highest BCUT2D eigenvalue weighted by atomic mass is 32.1. The molecule has 4 aromatic rings. The molecule has 37 heavy (non-hydrogen) atoms. The van der Waals surface area contributed by atoms with Crippen molar-refractivity contribution < 1.29 is 14.3 Å². The van der Waals surface area contributed by atoms with E-state index >= 15 is 0 Å². The third-order valence-corrected chi connectivity index (χ3v) is 7.45. The molecular formula is C30H35N3O3S. The van der Waals surface area contributed by atoms with E-state index < -0.39 is 0 Å². The molecule has 0 atom stereocenters. The van der Waals surface area contributed by atoms with Gasteiger partial charge in [-0.15, -0.1) is 11.3 Å². The van der Waals surface area contributed by atoms with Gasteiger partial charge >= 0.3 is 0 Å². The first-order valence-corrected chi connectivity index (χ1v) is 13.7. The van der Waals surface area contributed by atoms with Crippen LogP contribution in [0.5, 0.6) is 5.75 Å². The molecule has 0 aliphatic heterocycles. The molecule has 0 saturated heterocycles. The van der Waals surface area contributed by atoms with E-state index in [1.807, 2.05) is 65.0 Å². The molecule has 0 aliphatic rings. The average molecular weight is 518 g/mol. The molecule has 0 radical (unpaired) electrons. The molecule has 1 N–H and O–H groups in total. The van der Waals surface area contributed by atoms with E-state index in [0.717, 1.165) is 41.0 Å². The van der Waals surface area contributed by atoms with E-state index in [9.17, 15) is 9.59 Å². The number of methoxy groups -OCH3 is 1. The Labute approximate surface area is 222 Å². The number of ether oxygens (including phenoxy) is 1. The first-order chi connectivity index (χ1) is 18.1. The molecule has 2 aromatic heterocycles.